The van der Waals surface area contributed by atoms with Crippen LogP contribution in [0.1, 0.15) is 46.3 Å². The Morgan fingerprint density at radius 2 is 1.90 bits per heavy atom. The minimum atomic E-state index is -3.30. The van der Waals surface area contributed by atoms with Crippen molar-refractivity contribution in [3.8, 4) is 0 Å². The molecule has 2 aromatic carbocycles. The van der Waals surface area contributed by atoms with E-state index >= 15 is 0 Å². The van der Waals surface area contributed by atoms with Crippen molar-refractivity contribution in [2.24, 2.45) is 0 Å². The van der Waals surface area contributed by atoms with E-state index in [0.29, 0.717) is 30.8 Å². The number of carbonyl (C=O) groups is 1. The van der Waals surface area contributed by atoms with Crippen LogP contribution in [0, 0.1) is 13.8 Å². The molecule has 0 saturated carbocycles. The average molecular weight is 447 g/mol. The Kier molecular flexibility index (Phi) is 7.83. The Hall–Kier alpha value is -1.99. The summed E-state index contributed by atoms with van der Waals surface area (Å²) in [6, 6.07) is 13.7. The number of aryl methyl sites for hydroxylation is 2. The number of sulfonamides is 1. The van der Waals surface area contributed by atoms with Gasteiger partial charge < -0.3 is 5.32 Å². The zero-order valence-electron chi connectivity index (χ0n) is 17.7. The van der Waals surface area contributed by atoms with Crippen molar-refractivity contribution in [2.45, 2.75) is 38.9 Å². The molecule has 1 amide bonds. The fourth-order valence-electron chi connectivity index (χ4n) is 3.51. The Labute approximate surface area is 184 Å². The summed E-state index contributed by atoms with van der Waals surface area (Å²) in [5.74, 6) is 1.96. The lowest BCUT2D eigenvalue weighted by Crippen LogP contribution is -2.38. The van der Waals surface area contributed by atoms with Crippen LogP contribution in [-0.2, 0) is 15.8 Å². The molecule has 1 aliphatic heterocycles. The molecule has 0 aromatic heterocycles. The number of hydrogen-bond acceptors (Lipinski definition) is 4. The van der Waals surface area contributed by atoms with Crippen LogP contribution in [0.5, 0.6) is 0 Å². The summed E-state index contributed by atoms with van der Waals surface area (Å²) in [5, 5.41) is 2.96. The van der Waals surface area contributed by atoms with Gasteiger partial charge in [0.1, 0.15) is 0 Å². The van der Waals surface area contributed by atoms with Crippen molar-refractivity contribution >= 4 is 33.4 Å². The highest BCUT2D eigenvalue weighted by Gasteiger charge is 2.27. The number of hydrogen-bond donors (Lipinski definition) is 1. The van der Waals surface area contributed by atoms with E-state index in [1.54, 1.807) is 12.1 Å². The molecule has 0 atom stereocenters. The van der Waals surface area contributed by atoms with Crippen molar-refractivity contribution in [3.05, 3.63) is 64.7 Å². The third-order valence-electron chi connectivity index (χ3n) is 5.36. The first-order valence-corrected chi connectivity index (χ1v) is 13.2. The van der Waals surface area contributed by atoms with E-state index in [0.717, 1.165) is 29.9 Å². The van der Waals surface area contributed by atoms with Crippen LogP contribution in [0.3, 0.4) is 0 Å². The molecule has 1 fully saturated rings. The van der Waals surface area contributed by atoms with E-state index in [1.165, 1.54) is 15.4 Å². The zero-order valence-corrected chi connectivity index (χ0v) is 19.3. The summed E-state index contributed by atoms with van der Waals surface area (Å²) in [6.07, 6.45) is 2.43. The fraction of sp³-hybridized carbons (Fsp3) is 0.435. The molecule has 162 valence electrons. The van der Waals surface area contributed by atoms with Gasteiger partial charge in [-0.3, -0.25) is 9.10 Å². The third kappa shape index (κ3) is 5.79. The Balaban J connectivity index is 1.50. The highest BCUT2D eigenvalue weighted by Crippen LogP contribution is 2.28. The highest BCUT2D eigenvalue weighted by molar-refractivity contribution is 7.98. The lowest BCUT2D eigenvalue weighted by molar-refractivity contribution is 0.0954. The number of amides is 1. The molecule has 0 unspecified atom stereocenters. The van der Waals surface area contributed by atoms with Crippen molar-refractivity contribution < 1.29 is 13.2 Å². The van der Waals surface area contributed by atoms with Crippen LogP contribution in [-0.4, -0.2) is 38.9 Å². The summed E-state index contributed by atoms with van der Waals surface area (Å²) in [4.78, 5) is 12.6. The zero-order chi connectivity index (χ0) is 21.6. The van der Waals surface area contributed by atoms with Gasteiger partial charge in [-0.05, 0) is 67.7 Å². The molecule has 0 radical (unpaired) electrons. The Morgan fingerprint density at radius 3 is 2.67 bits per heavy atom. The summed E-state index contributed by atoms with van der Waals surface area (Å²) < 4.78 is 26.3. The highest BCUT2D eigenvalue weighted by atomic mass is 32.2. The van der Waals surface area contributed by atoms with Crippen LogP contribution in [0.25, 0.3) is 0 Å². The van der Waals surface area contributed by atoms with Crippen LogP contribution in [0.4, 0.5) is 5.69 Å². The molecule has 0 bridgehead atoms. The maximum Gasteiger partial charge on any atom is 0.251 e. The van der Waals surface area contributed by atoms with Gasteiger partial charge in [-0.15, -0.1) is 0 Å². The molecular weight excluding hydrogens is 416 g/mol. The molecule has 30 heavy (non-hydrogen) atoms. The first kappa shape index (κ1) is 22.7. The smallest absolute Gasteiger partial charge is 0.251 e. The fourth-order valence-corrected chi connectivity index (χ4v) is 6.24. The number of nitrogens with zero attached hydrogens (tertiary/aromatic N) is 1. The number of benzene rings is 2. The minimum absolute atomic E-state index is 0.158. The summed E-state index contributed by atoms with van der Waals surface area (Å²) in [5.41, 5.74) is 4.65. The summed E-state index contributed by atoms with van der Waals surface area (Å²) in [7, 11) is -3.30. The normalized spacial score (nSPS) is 15.7. The standard InChI is InChI=1S/C23H30N2O3S2/c1-18-8-3-4-9-21(18)17-29-14-7-12-24-23(26)20-11-10-19(2)22(16-20)25-13-5-6-15-30(25,27)28/h3-4,8-11,16H,5-7,12-15,17H2,1-2H3,(H,24,26). The monoisotopic (exact) mass is 446 g/mol. The predicted octanol–water partition coefficient (Wildman–Crippen LogP) is 4.29. The second-order valence-electron chi connectivity index (χ2n) is 7.69. The summed E-state index contributed by atoms with van der Waals surface area (Å²) >= 11 is 1.87. The van der Waals surface area contributed by atoms with E-state index < -0.39 is 10.0 Å². The third-order valence-corrected chi connectivity index (χ3v) is 8.31. The maximum atomic E-state index is 12.6. The van der Waals surface area contributed by atoms with Gasteiger partial charge in [-0.1, -0.05) is 30.3 Å². The SMILES string of the molecule is Cc1ccccc1CSCCCNC(=O)c1ccc(C)c(N2CCCCS2(=O)=O)c1. The second-order valence-corrected chi connectivity index (χ2v) is 10.8. The lowest BCUT2D eigenvalue weighted by Gasteiger charge is -2.29. The molecule has 0 aliphatic carbocycles. The first-order valence-electron chi connectivity index (χ1n) is 10.4. The van der Waals surface area contributed by atoms with Gasteiger partial charge in [0.05, 0.1) is 11.4 Å². The van der Waals surface area contributed by atoms with Gasteiger partial charge in [0.2, 0.25) is 10.0 Å². The Morgan fingerprint density at radius 1 is 1.10 bits per heavy atom. The van der Waals surface area contributed by atoms with Crippen LogP contribution in [0.2, 0.25) is 0 Å². The van der Waals surface area contributed by atoms with Crippen LogP contribution >= 0.6 is 11.8 Å². The van der Waals surface area contributed by atoms with Gasteiger partial charge >= 0.3 is 0 Å². The van der Waals surface area contributed by atoms with Gasteiger partial charge in [0.25, 0.3) is 5.91 Å². The molecule has 1 heterocycles. The van der Waals surface area contributed by atoms with Crippen LogP contribution < -0.4 is 9.62 Å². The number of nitrogens with one attached hydrogen (secondary N) is 1. The quantitative estimate of drug-likeness (QED) is 0.615. The molecule has 1 aliphatic rings. The van der Waals surface area contributed by atoms with Gasteiger partial charge in [0.15, 0.2) is 0 Å². The van der Waals surface area contributed by atoms with E-state index in [4.69, 9.17) is 0 Å². The molecule has 1 N–H and O–H groups in total. The van der Waals surface area contributed by atoms with E-state index in [-0.39, 0.29) is 11.7 Å². The van der Waals surface area contributed by atoms with Gasteiger partial charge in [-0.2, -0.15) is 11.8 Å². The summed E-state index contributed by atoms with van der Waals surface area (Å²) in [6.45, 7) is 5.09. The van der Waals surface area contributed by atoms with E-state index in [2.05, 4.69) is 36.5 Å². The van der Waals surface area contributed by atoms with Gasteiger partial charge in [-0.25, -0.2) is 8.42 Å². The lowest BCUT2D eigenvalue weighted by atomic mass is 10.1. The second kappa shape index (κ2) is 10.4. The molecular formula is C23H30N2O3S2. The van der Waals surface area contributed by atoms with E-state index in [9.17, 15) is 13.2 Å². The number of thioether (sulfide) groups is 1. The predicted molar refractivity (Wildman–Crippen MR) is 126 cm³/mol. The van der Waals surface area contributed by atoms with Crippen LogP contribution in [0.15, 0.2) is 42.5 Å². The maximum absolute atomic E-state index is 12.6. The number of anilines is 1. The first-order chi connectivity index (χ1) is 14.4. The minimum Gasteiger partial charge on any atom is -0.352 e. The molecule has 3 rings (SSSR count). The van der Waals surface area contributed by atoms with Crippen molar-refractivity contribution in [1.82, 2.24) is 5.32 Å². The van der Waals surface area contributed by atoms with Crippen molar-refractivity contribution in [3.63, 3.8) is 0 Å². The molecule has 5 nitrogen and oxygen atoms in total. The van der Waals surface area contributed by atoms with Gasteiger partial charge in [0, 0.05) is 24.4 Å². The molecule has 1 saturated heterocycles. The average Bonchev–Trinajstić information content (AvgIpc) is 2.72. The Bertz CT molecular complexity index is 990. The molecule has 0 spiro atoms. The van der Waals surface area contributed by atoms with Crippen molar-refractivity contribution in [2.75, 3.05) is 28.9 Å². The molecule has 2 aromatic rings. The van der Waals surface area contributed by atoms with E-state index in [1.807, 2.05) is 24.8 Å². The molecule has 7 heteroatoms. The largest absolute Gasteiger partial charge is 0.352 e. The number of rotatable bonds is 8. The number of carbonyl (C=O) groups excluding carboxylic acids is 1. The van der Waals surface area contributed by atoms with Crippen molar-refractivity contribution in [1.29, 1.82) is 0 Å². The topological polar surface area (TPSA) is 66.5 Å².